The van der Waals surface area contributed by atoms with E-state index < -0.39 is 12.8 Å². The average molecular weight is 250 g/mol. The molecule has 5 nitrogen and oxygen atoms in total. The van der Waals surface area contributed by atoms with E-state index in [1.807, 2.05) is 0 Å². The summed E-state index contributed by atoms with van der Waals surface area (Å²) in [6.07, 6.45) is -2.68. The van der Waals surface area contributed by atoms with Crippen LogP contribution in [0.15, 0.2) is 6.20 Å². The van der Waals surface area contributed by atoms with Crippen molar-refractivity contribution in [3.05, 3.63) is 17.6 Å². The van der Waals surface area contributed by atoms with Gasteiger partial charge in [-0.15, -0.1) is 0 Å². The Bertz CT molecular complexity index is 370. The summed E-state index contributed by atoms with van der Waals surface area (Å²) >= 11 is 0. The van der Waals surface area contributed by atoms with Crippen LogP contribution in [0.1, 0.15) is 11.4 Å². The molecule has 1 rings (SSSR count). The highest BCUT2D eigenvalue weighted by molar-refractivity contribution is 5.37. The van der Waals surface area contributed by atoms with Gasteiger partial charge in [-0.05, 0) is 0 Å². The van der Waals surface area contributed by atoms with Gasteiger partial charge in [0, 0.05) is 24.7 Å². The molecule has 0 unspecified atom stereocenters. The summed E-state index contributed by atoms with van der Waals surface area (Å²) in [6.45, 7) is -1.17. The number of hydrogen-bond acceptors (Lipinski definition) is 5. The molecule has 0 aliphatic heterocycles. The predicted molar refractivity (Wildman–Crippen MR) is 54.9 cm³/mol. The number of aromatic nitrogens is 2. The molecule has 1 heterocycles. The lowest BCUT2D eigenvalue weighted by Crippen LogP contribution is -2.18. The van der Waals surface area contributed by atoms with Crippen LogP contribution in [0.2, 0.25) is 0 Å². The van der Waals surface area contributed by atoms with Crippen LogP contribution in [0, 0.1) is 0 Å². The molecular weight excluding hydrogens is 237 g/mol. The summed E-state index contributed by atoms with van der Waals surface area (Å²) in [6, 6.07) is 0. The first-order valence-electron chi connectivity index (χ1n) is 4.87. The summed E-state index contributed by atoms with van der Waals surface area (Å²) in [5.74, 6) is 0.579. The maximum absolute atomic E-state index is 11.8. The average Bonchev–Trinajstić information content (AvgIpc) is 2.23. The fourth-order valence-corrected chi connectivity index (χ4v) is 1.09. The Balaban J connectivity index is 2.40. The third-order valence-corrected chi connectivity index (χ3v) is 1.90. The quantitative estimate of drug-likeness (QED) is 0.749. The number of anilines is 1. The zero-order chi connectivity index (χ0) is 12.9. The summed E-state index contributed by atoms with van der Waals surface area (Å²) in [4.78, 5) is 7.82. The van der Waals surface area contributed by atoms with Gasteiger partial charge in [0.05, 0.1) is 6.61 Å². The molecule has 0 bridgehead atoms. The van der Waals surface area contributed by atoms with Gasteiger partial charge in [0.2, 0.25) is 0 Å². The van der Waals surface area contributed by atoms with E-state index in [1.165, 1.54) is 6.20 Å². The number of hydrogen-bond donors (Lipinski definition) is 2. The fraction of sp³-hybridized carbons (Fsp3) is 0.556. The smallest absolute Gasteiger partial charge is 0.383 e. The molecule has 96 valence electrons. The zero-order valence-electron chi connectivity index (χ0n) is 9.00. The topological polar surface area (TPSA) is 87.0 Å². The molecule has 0 aliphatic carbocycles. The number of rotatable bonds is 5. The van der Waals surface area contributed by atoms with Crippen LogP contribution in [-0.2, 0) is 17.7 Å². The highest BCUT2D eigenvalue weighted by Gasteiger charge is 2.27. The van der Waals surface area contributed by atoms with Crippen LogP contribution < -0.4 is 11.5 Å². The lowest BCUT2D eigenvalue weighted by Gasteiger charge is -2.07. The lowest BCUT2D eigenvalue weighted by atomic mass is 10.3. The molecule has 0 aromatic carbocycles. The second-order valence-corrected chi connectivity index (χ2v) is 3.32. The monoisotopic (exact) mass is 250 g/mol. The second kappa shape index (κ2) is 5.78. The Labute approximate surface area is 96.0 Å². The van der Waals surface area contributed by atoms with Crippen molar-refractivity contribution < 1.29 is 17.9 Å². The Morgan fingerprint density at radius 2 is 2.06 bits per heavy atom. The minimum Gasteiger partial charge on any atom is -0.383 e. The number of nitrogens with zero attached hydrogens (tertiary/aromatic N) is 2. The van der Waals surface area contributed by atoms with E-state index in [0.29, 0.717) is 11.4 Å². The van der Waals surface area contributed by atoms with Crippen molar-refractivity contribution in [2.24, 2.45) is 5.73 Å². The van der Waals surface area contributed by atoms with Gasteiger partial charge < -0.3 is 16.2 Å². The molecule has 1 aromatic heterocycles. The van der Waals surface area contributed by atoms with Gasteiger partial charge in [-0.2, -0.15) is 13.2 Å². The van der Waals surface area contributed by atoms with Crippen molar-refractivity contribution in [1.82, 2.24) is 9.97 Å². The van der Waals surface area contributed by atoms with Crippen LogP contribution in [-0.4, -0.2) is 29.4 Å². The number of ether oxygens (including phenoxy) is 1. The van der Waals surface area contributed by atoms with Gasteiger partial charge in [0.15, 0.2) is 0 Å². The van der Waals surface area contributed by atoms with E-state index in [-0.39, 0.29) is 25.4 Å². The molecule has 0 fully saturated rings. The first-order valence-corrected chi connectivity index (χ1v) is 4.87. The van der Waals surface area contributed by atoms with Crippen LogP contribution in [0.4, 0.5) is 19.0 Å². The molecule has 0 atom stereocenters. The number of nitrogens with two attached hydrogens (primary N) is 2. The molecule has 0 saturated heterocycles. The Morgan fingerprint density at radius 3 is 2.59 bits per heavy atom. The molecule has 0 saturated carbocycles. The van der Waals surface area contributed by atoms with E-state index in [0.717, 1.165) is 0 Å². The van der Waals surface area contributed by atoms with Crippen LogP contribution in [0.5, 0.6) is 0 Å². The van der Waals surface area contributed by atoms with E-state index in [9.17, 15) is 13.2 Å². The number of nitrogen functional groups attached to an aromatic ring is 1. The largest absolute Gasteiger partial charge is 0.411 e. The van der Waals surface area contributed by atoms with Gasteiger partial charge >= 0.3 is 6.18 Å². The van der Waals surface area contributed by atoms with E-state index in [1.54, 1.807) is 0 Å². The second-order valence-electron chi connectivity index (χ2n) is 3.32. The Morgan fingerprint density at radius 1 is 1.35 bits per heavy atom. The first kappa shape index (κ1) is 13.7. The minimum atomic E-state index is -4.32. The molecule has 0 aliphatic rings. The van der Waals surface area contributed by atoms with Crippen molar-refractivity contribution in [2.75, 3.05) is 18.9 Å². The summed E-state index contributed by atoms with van der Waals surface area (Å²) in [7, 11) is 0. The molecule has 0 amide bonds. The van der Waals surface area contributed by atoms with Gasteiger partial charge in [-0.3, -0.25) is 0 Å². The third kappa shape index (κ3) is 4.96. The van der Waals surface area contributed by atoms with E-state index in [2.05, 4.69) is 14.7 Å². The summed E-state index contributed by atoms with van der Waals surface area (Å²) < 4.78 is 39.7. The molecule has 0 spiro atoms. The lowest BCUT2D eigenvalue weighted by molar-refractivity contribution is -0.173. The number of halogens is 3. The standard InChI is InChI=1S/C9H13F3N4O/c10-9(11,12)5-17-2-1-7-15-4-6(3-13)8(14)16-7/h4H,1-3,5,13H2,(H2,14,15,16). The van der Waals surface area contributed by atoms with Crippen molar-refractivity contribution in [1.29, 1.82) is 0 Å². The normalized spacial score (nSPS) is 11.8. The van der Waals surface area contributed by atoms with Crippen molar-refractivity contribution in [3.63, 3.8) is 0 Å². The fourth-order valence-electron chi connectivity index (χ4n) is 1.09. The highest BCUT2D eigenvalue weighted by Crippen LogP contribution is 2.14. The third-order valence-electron chi connectivity index (χ3n) is 1.90. The van der Waals surface area contributed by atoms with Crippen LogP contribution >= 0.6 is 0 Å². The molecule has 0 radical (unpaired) electrons. The van der Waals surface area contributed by atoms with Crippen molar-refractivity contribution in [2.45, 2.75) is 19.1 Å². The maximum atomic E-state index is 11.8. The predicted octanol–water partition coefficient (Wildman–Crippen LogP) is 0.639. The minimum absolute atomic E-state index is 0.110. The van der Waals surface area contributed by atoms with E-state index >= 15 is 0 Å². The highest BCUT2D eigenvalue weighted by atomic mass is 19.4. The van der Waals surface area contributed by atoms with Crippen LogP contribution in [0.25, 0.3) is 0 Å². The van der Waals surface area contributed by atoms with Crippen LogP contribution in [0.3, 0.4) is 0 Å². The molecule has 8 heteroatoms. The van der Waals surface area contributed by atoms with Crippen molar-refractivity contribution >= 4 is 5.82 Å². The molecule has 4 N–H and O–H groups in total. The number of alkyl halides is 3. The molecule has 17 heavy (non-hydrogen) atoms. The van der Waals surface area contributed by atoms with Gasteiger partial charge in [0.25, 0.3) is 0 Å². The molecular formula is C9H13F3N4O. The van der Waals surface area contributed by atoms with Gasteiger partial charge in [-0.1, -0.05) is 0 Å². The zero-order valence-corrected chi connectivity index (χ0v) is 9.00. The maximum Gasteiger partial charge on any atom is 0.411 e. The summed E-state index contributed by atoms with van der Waals surface area (Å²) in [5, 5.41) is 0. The van der Waals surface area contributed by atoms with Gasteiger partial charge in [0.1, 0.15) is 18.2 Å². The molecule has 1 aromatic rings. The van der Waals surface area contributed by atoms with Gasteiger partial charge in [-0.25, -0.2) is 9.97 Å². The first-order chi connectivity index (χ1) is 7.92. The van der Waals surface area contributed by atoms with E-state index in [4.69, 9.17) is 11.5 Å². The Kier molecular flexibility index (Phi) is 4.64. The summed E-state index contributed by atoms with van der Waals surface area (Å²) in [5.41, 5.74) is 11.5. The Hall–Kier alpha value is -1.41. The van der Waals surface area contributed by atoms with Crippen molar-refractivity contribution in [3.8, 4) is 0 Å². The SMILES string of the molecule is NCc1cnc(CCOCC(F)(F)F)nc1N.